The van der Waals surface area contributed by atoms with Crippen molar-refractivity contribution in [2.45, 2.75) is 120 Å². The number of nitrogens with one attached hydrogen (secondary N) is 8. The first-order valence-electron chi connectivity index (χ1n) is 19.5. The summed E-state index contributed by atoms with van der Waals surface area (Å²) in [7, 11) is 0. The molecule has 20 N–H and O–H groups in total. The van der Waals surface area contributed by atoms with E-state index in [2.05, 4.69) is 62.5 Å². The second-order valence-corrected chi connectivity index (χ2v) is 15.7. The highest BCUT2D eigenvalue weighted by Gasteiger charge is 2.37. The van der Waals surface area contributed by atoms with Crippen molar-refractivity contribution >= 4 is 96.2 Å². The number of carbonyl (C=O) groups is 12. The molecule has 0 aliphatic heterocycles. The zero-order valence-electron chi connectivity index (χ0n) is 35.8. The van der Waals surface area contributed by atoms with Crippen molar-refractivity contribution < 1.29 is 78.0 Å². The number of carboxylic acids is 1. The molecule has 0 radical (unpaired) electrons. The summed E-state index contributed by atoms with van der Waals surface area (Å²) in [4.78, 5) is 152. The van der Waals surface area contributed by atoms with Crippen LogP contribution < -0.4 is 65.5 Å². The van der Waals surface area contributed by atoms with Crippen molar-refractivity contribution in [3.05, 3.63) is 0 Å². The number of nitrogens with two attached hydrogens (primary N) is 4. The van der Waals surface area contributed by atoms with Crippen LogP contribution in [0.15, 0.2) is 0 Å². The molecule has 28 nitrogen and oxygen atoms in total. The standard InChI is InChI=1S/C35H60N12O16S2/c1-12(2)5-16(42-34(61)26(14(4)50)47-31(58)19(8-24(39)53)43-33(60)25(13(3)49)46-27(54)15(36)10-64)28(55)44-20(9-48)32(59)41-17(6-22(37)51)29(56)40-18(7-23(38)52)30(57)45-21(11-65)35(62)63/h12-21,25-26,48-50,64-65H,5-11,36H2,1-4H3,(H2,37,51)(H2,38,52)(H2,39,53)(H,40,56)(H,41,59)(H,42,61)(H,43,60)(H,44,55)(H,45,57)(H,46,54)(H,47,58)(H,62,63)/t13-,14-,15+,16+,17+,18+,19+,20+,21+,25+,26+/m1/s1. The van der Waals surface area contributed by atoms with E-state index < -0.39 is 169 Å². The topological polar surface area (TPSA) is 486 Å². The molecule has 11 amide bonds. The van der Waals surface area contributed by atoms with Crippen molar-refractivity contribution in [2.75, 3.05) is 18.1 Å². The molecule has 0 bridgehead atoms. The number of aliphatic hydroxyl groups excluding tert-OH is 3. The van der Waals surface area contributed by atoms with E-state index in [-0.39, 0.29) is 18.1 Å². The Balaban J connectivity index is 6.35. The Kier molecular flexibility index (Phi) is 26.3. The summed E-state index contributed by atoms with van der Waals surface area (Å²) in [6.45, 7) is 4.23. The first-order chi connectivity index (χ1) is 30.1. The number of carbonyl (C=O) groups excluding carboxylic acids is 11. The Hall–Kier alpha value is -5.82. The van der Waals surface area contributed by atoms with Gasteiger partial charge < -0.3 is 85.9 Å². The number of aliphatic hydroxyl groups is 3. The number of primary amides is 3. The molecule has 30 heteroatoms. The fourth-order valence-electron chi connectivity index (χ4n) is 5.33. The number of hydrogen-bond acceptors (Lipinski definition) is 18. The Morgan fingerprint density at radius 3 is 1.09 bits per heavy atom. The van der Waals surface area contributed by atoms with Crippen LogP contribution in [0.1, 0.15) is 53.4 Å². The second-order valence-electron chi connectivity index (χ2n) is 15.0. The maximum Gasteiger partial charge on any atom is 0.327 e. The van der Waals surface area contributed by atoms with Crippen LogP contribution in [0, 0.1) is 5.92 Å². The van der Waals surface area contributed by atoms with Gasteiger partial charge >= 0.3 is 5.97 Å². The third-order valence-electron chi connectivity index (χ3n) is 8.73. The van der Waals surface area contributed by atoms with Crippen LogP contribution in [0.4, 0.5) is 0 Å². The normalized spacial score (nSPS) is 16.1. The van der Waals surface area contributed by atoms with Gasteiger partial charge in [-0.15, -0.1) is 0 Å². The van der Waals surface area contributed by atoms with Crippen molar-refractivity contribution in [1.29, 1.82) is 0 Å². The Morgan fingerprint density at radius 1 is 0.462 bits per heavy atom. The van der Waals surface area contributed by atoms with Gasteiger partial charge in [0.2, 0.25) is 65.0 Å². The van der Waals surface area contributed by atoms with Crippen LogP contribution in [0.3, 0.4) is 0 Å². The molecule has 368 valence electrons. The van der Waals surface area contributed by atoms with Crippen molar-refractivity contribution in [3.8, 4) is 0 Å². The molecule has 0 aromatic carbocycles. The fourth-order valence-corrected chi connectivity index (χ4v) is 5.75. The lowest BCUT2D eigenvalue weighted by Gasteiger charge is -2.29. The first kappa shape index (κ1) is 59.2. The van der Waals surface area contributed by atoms with Gasteiger partial charge in [-0.25, -0.2) is 4.79 Å². The third kappa shape index (κ3) is 21.6. The Labute approximate surface area is 382 Å². The number of hydrogen-bond donors (Lipinski definition) is 18. The molecule has 0 spiro atoms. The van der Waals surface area contributed by atoms with E-state index in [0.717, 1.165) is 13.8 Å². The largest absolute Gasteiger partial charge is 0.480 e. The molecule has 0 aliphatic rings. The zero-order chi connectivity index (χ0) is 50.5. The SMILES string of the molecule is CC(C)C[C@H](NC(=O)[C@@H](NC(=O)[C@H](CC(N)=O)NC(=O)[C@@H](NC(=O)[C@@H](N)CS)[C@@H](C)O)[C@@H](C)O)C(=O)N[C@@H](CO)C(=O)N[C@@H](CC(N)=O)C(=O)N[C@@H](CC(N)=O)C(=O)N[C@@H](CS)C(=O)O. The molecule has 0 rings (SSSR count). The summed E-state index contributed by atoms with van der Waals surface area (Å²) in [5.74, 6) is -15.5. The van der Waals surface area contributed by atoms with Gasteiger partial charge in [0.15, 0.2) is 0 Å². The van der Waals surface area contributed by atoms with E-state index in [1.54, 1.807) is 13.8 Å². The maximum atomic E-state index is 13.6. The van der Waals surface area contributed by atoms with Crippen LogP contribution in [-0.2, 0) is 57.5 Å². The summed E-state index contributed by atoms with van der Waals surface area (Å²) in [6, 6.07) is -15.6. The molecular weight excluding hydrogens is 909 g/mol. The average molecular weight is 969 g/mol. The molecule has 0 aromatic heterocycles. The molecule has 0 unspecified atom stereocenters. The Morgan fingerprint density at radius 2 is 0.769 bits per heavy atom. The minimum absolute atomic E-state index is 0.143. The quantitative estimate of drug-likeness (QED) is 0.0297. The zero-order valence-corrected chi connectivity index (χ0v) is 37.6. The number of amides is 11. The van der Waals surface area contributed by atoms with Gasteiger partial charge in [-0.1, -0.05) is 13.8 Å². The van der Waals surface area contributed by atoms with E-state index in [0.29, 0.717) is 0 Å². The van der Waals surface area contributed by atoms with E-state index in [9.17, 15) is 78.0 Å². The molecule has 0 saturated heterocycles. The minimum Gasteiger partial charge on any atom is -0.480 e. The number of thiol groups is 2. The van der Waals surface area contributed by atoms with Crippen molar-refractivity contribution in [1.82, 2.24) is 42.5 Å². The summed E-state index contributed by atoms with van der Waals surface area (Å²) in [5, 5.41) is 57.0. The molecule has 0 aromatic rings. The molecule has 65 heavy (non-hydrogen) atoms. The molecule has 0 aliphatic carbocycles. The lowest BCUT2D eigenvalue weighted by atomic mass is 10.0. The van der Waals surface area contributed by atoms with E-state index in [1.165, 1.54) is 0 Å². The van der Waals surface area contributed by atoms with Gasteiger partial charge in [0.25, 0.3) is 0 Å². The summed E-state index contributed by atoms with van der Waals surface area (Å²) in [6.07, 6.45) is -6.21. The van der Waals surface area contributed by atoms with Crippen molar-refractivity contribution in [2.24, 2.45) is 28.9 Å². The van der Waals surface area contributed by atoms with Gasteiger partial charge in [-0.2, -0.15) is 25.3 Å². The summed E-state index contributed by atoms with van der Waals surface area (Å²) in [5.41, 5.74) is 21.3. The van der Waals surface area contributed by atoms with E-state index in [1.807, 2.05) is 5.32 Å². The molecule has 0 saturated carbocycles. The smallest absolute Gasteiger partial charge is 0.327 e. The highest BCUT2D eigenvalue weighted by atomic mass is 32.1. The van der Waals surface area contributed by atoms with Gasteiger partial charge in [-0.3, -0.25) is 52.7 Å². The predicted molar refractivity (Wildman–Crippen MR) is 230 cm³/mol. The third-order valence-corrected chi connectivity index (χ3v) is 9.48. The predicted octanol–water partition coefficient (Wildman–Crippen LogP) is -9.44. The van der Waals surface area contributed by atoms with Gasteiger partial charge in [0.1, 0.15) is 48.3 Å². The van der Waals surface area contributed by atoms with Crippen LogP contribution >= 0.6 is 25.3 Å². The van der Waals surface area contributed by atoms with Crippen molar-refractivity contribution in [3.63, 3.8) is 0 Å². The molecule has 11 atom stereocenters. The fraction of sp³-hybridized carbons (Fsp3) is 0.657. The number of rotatable bonds is 30. The van der Waals surface area contributed by atoms with Gasteiger partial charge in [0, 0.05) is 11.5 Å². The second kappa shape index (κ2) is 28.9. The maximum absolute atomic E-state index is 13.6. The molecule has 0 heterocycles. The van der Waals surface area contributed by atoms with Crippen LogP contribution in [0.2, 0.25) is 0 Å². The summed E-state index contributed by atoms with van der Waals surface area (Å²) < 4.78 is 0. The van der Waals surface area contributed by atoms with Crippen LogP contribution in [0.25, 0.3) is 0 Å². The van der Waals surface area contributed by atoms with E-state index >= 15 is 0 Å². The number of carboxylic acid groups (broad SMARTS) is 1. The summed E-state index contributed by atoms with van der Waals surface area (Å²) >= 11 is 7.69. The van der Waals surface area contributed by atoms with Gasteiger partial charge in [0.05, 0.1) is 44.1 Å². The van der Waals surface area contributed by atoms with Crippen LogP contribution in [0.5, 0.6) is 0 Å². The number of aliphatic carboxylic acids is 1. The lowest BCUT2D eigenvalue weighted by Crippen LogP contribution is -2.63. The highest BCUT2D eigenvalue weighted by molar-refractivity contribution is 7.80. The minimum atomic E-state index is -1.94. The first-order valence-corrected chi connectivity index (χ1v) is 20.8. The molecular formula is C35H60N12O16S2. The monoisotopic (exact) mass is 968 g/mol. The van der Waals surface area contributed by atoms with Crippen LogP contribution in [-0.4, -0.2) is 176 Å². The average Bonchev–Trinajstić information content (AvgIpc) is 3.19. The Bertz CT molecular complexity index is 1760. The highest BCUT2D eigenvalue weighted by Crippen LogP contribution is 2.09. The van der Waals surface area contributed by atoms with E-state index in [4.69, 9.17) is 22.9 Å². The lowest BCUT2D eigenvalue weighted by molar-refractivity contribution is -0.142. The van der Waals surface area contributed by atoms with Gasteiger partial charge in [-0.05, 0) is 26.2 Å². The molecule has 0 fully saturated rings.